The van der Waals surface area contributed by atoms with Gasteiger partial charge in [-0.1, -0.05) is 29.8 Å². The second kappa shape index (κ2) is 9.82. The van der Waals surface area contributed by atoms with Crippen LogP contribution in [0.15, 0.2) is 48.5 Å². The van der Waals surface area contributed by atoms with E-state index in [9.17, 15) is 0 Å². The molecule has 0 N–H and O–H groups in total. The number of morpholine rings is 1. The Labute approximate surface area is 192 Å². The number of aromatic nitrogens is 3. The summed E-state index contributed by atoms with van der Waals surface area (Å²) in [5, 5.41) is 5.58. The van der Waals surface area contributed by atoms with E-state index in [4.69, 9.17) is 38.4 Å². The van der Waals surface area contributed by atoms with Gasteiger partial charge in [0.1, 0.15) is 5.75 Å². The maximum Gasteiger partial charge on any atom is 0.230 e. The summed E-state index contributed by atoms with van der Waals surface area (Å²) in [7, 11) is 3.69. The second-order valence-electron chi connectivity index (χ2n) is 7.46. The predicted molar refractivity (Wildman–Crippen MR) is 125 cm³/mol. The lowest BCUT2D eigenvalue weighted by Gasteiger charge is -2.27. The van der Waals surface area contributed by atoms with Gasteiger partial charge in [0.15, 0.2) is 0 Å². The van der Waals surface area contributed by atoms with Crippen LogP contribution in [0.4, 0.5) is 5.95 Å². The molecule has 4 rings (SSSR count). The zero-order valence-electron chi connectivity index (χ0n) is 17.7. The van der Waals surface area contributed by atoms with E-state index >= 15 is 0 Å². The highest BCUT2D eigenvalue weighted by Crippen LogP contribution is 2.25. The lowest BCUT2D eigenvalue weighted by atomic mass is 10.2. The van der Waals surface area contributed by atoms with Crippen molar-refractivity contribution in [3.63, 3.8) is 0 Å². The molecule has 2 heterocycles. The Bertz CT molecular complexity index is 1080. The Hall–Kier alpha value is -2.39. The van der Waals surface area contributed by atoms with E-state index in [-0.39, 0.29) is 0 Å². The molecule has 1 fully saturated rings. The average molecular weight is 460 g/mol. The molecule has 0 spiro atoms. The number of ether oxygens (including phenoxy) is 2. The number of halogens is 1. The quantitative estimate of drug-likeness (QED) is 0.498. The molecule has 1 aromatic heterocycles. The summed E-state index contributed by atoms with van der Waals surface area (Å²) in [5.41, 5.74) is 2.01. The Morgan fingerprint density at radius 3 is 2.61 bits per heavy atom. The zero-order valence-corrected chi connectivity index (χ0v) is 19.3. The number of para-hydroxylation sites is 1. The number of hydrogen-bond acceptors (Lipinski definition) is 6. The van der Waals surface area contributed by atoms with Crippen molar-refractivity contribution in [2.24, 2.45) is 0 Å². The summed E-state index contributed by atoms with van der Waals surface area (Å²) in [6, 6.07) is 15.8. The topological polar surface area (TPSA) is 47.7 Å². The number of methoxy groups -OCH3 is 1. The van der Waals surface area contributed by atoms with Crippen LogP contribution in [0.2, 0.25) is 5.02 Å². The first-order valence-corrected chi connectivity index (χ1v) is 10.9. The van der Waals surface area contributed by atoms with E-state index in [1.807, 2.05) is 64.8 Å². The molecule has 7 nitrogen and oxygen atoms in total. The molecule has 0 unspecified atom stereocenters. The van der Waals surface area contributed by atoms with Crippen molar-refractivity contribution < 1.29 is 9.47 Å². The smallest absolute Gasteiger partial charge is 0.230 e. The molecule has 1 saturated heterocycles. The van der Waals surface area contributed by atoms with E-state index in [0.29, 0.717) is 36.2 Å². The van der Waals surface area contributed by atoms with Crippen molar-refractivity contribution in [1.82, 2.24) is 19.2 Å². The van der Waals surface area contributed by atoms with Crippen LogP contribution in [0.5, 0.6) is 5.75 Å². The molecule has 1 aliphatic rings. The number of benzene rings is 2. The summed E-state index contributed by atoms with van der Waals surface area (Å²) in [5.74, 6) is 1.65. The lowest BCUT2D eigenvalue weighted by Crippen LogP contribution is -2.38. The van der Waals surface area contributed by atoms with Gasteiger partial charge >= 0.3 is 0 Å². The van der Waals surface area contributed by atoms with Gasteiger partial charge in [-0.2, -0.15) is 0 Å². The van der Waals surface area contributed by atoms with E-state index < -0.39 is 0 Å². The fourth-order valence-electron chi connectivity index (χ4n) is 3.70. The standard InChI is InChI=1S/C22H26ClN5O2S/c1-25(15-17-14-18(23)8-9-20(17)29-2)16-27-22(31)28(19-6-4-3-5-7-19)21(24-27)26-10-12-30-13-11-26/h3-9,14H,10-13,15-16H2,1-2H3. The van der Waals surface area contributed by atoms with Crippen LogP contribution in [0.1, 0.15) is 5.56 Å². The van der Waals surface area contributed by atoms with Gasteiger partial charge in [-0.05, 0) is 49.6 Å². The SMILES string of the molecule is COc1ccc(Cl)cc1CN(C)Cn1nc(N2CCOCC2)n(-c2ccccc2)c1=S. The summed E-state index contributed by atoms with van der Waals surface area (Å²) >= 11 is 12.0. The van der Waals surface area contributed by atoms with E-state index in [1.54, 1.807) is 7.11 Å². The molecule has 0 aliphatic carbocycles. The van der Waals surface area contributed by atoms with E-state index in [0.717, 1.165) is 36.0 Å². The van der Waals surface area contributed by atoms with Gasteiger partial charge in [-0.15, -0.1) is 5.10 Å². The largest absolute Gasteiger partial charge is 0.496 e. The molecule has 1 aliphatic heterocycles. The van der Waals surface area contributed by atoms with Gasteiger partial charge in [-0.25, -0.2) is 4.68 Å². The molecule has 164 valence electrons. The number of rotatable bonds is 7. The minimum absolute atomic E-state index is 0.533. The fourth-order valence-corrected chi connectivity index (χ4v) is 4.18. The summed E-state index contributed by atoms with van der Waals surface area (Å²) < 4.78 is 15.6. The van der Waals surface area contributed by atoms with Crippen LogP contribution in [0, 0.1) is 4.77 Å². The molecule has 2 aromatic carbocycles. The average Bonchev–Trinajstić information content (AvgIpc) is 3.11. The summed E-state index contributed by atoms with van der Waals surface area (Å²) in [4.78, 5) is 4.36. The molecule has 0 atom stereocenters. The van der Waals surface area contributed by atoms with Crippen molar-refractivity contribution in [1.29, 1.82) is 0 Å². The molecule has 0 saturated carbocycles. The molecule has 9 heteroatoms. The molecular weight excluding hydrogens is 434 g/mol. The Balaban J connectivity index is 1.63. The van der Waals surface area contributed by atoms with Gasteiger partial charge in [0.2, 0.25) is 10.7 Å². The van der Waals surface area contributed by atoms with Crippen LogP contribution in [0.25, 0.3) is 5.69 Å². The van der Waals surface area contributed by atoms with Crippen LogP contribution >= 0.6 is 23.8 Å². The highest BCUT2D eigenvalue weighted by Gasteiger charge is 2.21. The second-order valence-corrected chi connectivity index (χ2v) is 8.27. The third-order valence-electron chi connectivity index (χ3n) is 5.19. The van der Waals surface area contributed by atoms with Crippen LogP contribution < -0.4 is 9.64 Å². The molecule has 0 radical (unpaired) electrons. The third-order valence-corrected chi connectivity index (χ3v) is 5.82. The third kappa shape index (κ3) is 4.93. The van der Waals surface area contributed by atoms with Gasteiger partial charge in [0.25, 0.3) is 0 Å². The van der Waals surface area contributed by atoms with Crippen molar-refractivity contribution >= 4 is 29.8 Å². The van der Waals surface area contributed by atoms with Crippen molar-refractivity contribution in [2.45, 2.75) is 13.2 Å². The maximum absolute atomic E-state index is 6.19. The molecule has 31 heavy (non-hydrogen) atoms. The normalized spacial score (nSPS) is 14.3. The van der Waals surface area contributed by atoms with E-state index in [2.05, 4.69) is 9.80 Å². The van der Waals surface area contributed by atoms with Crippen LogP contribution in [0.3, 0.4) is 0 Å². The Morgan fingerprint density at radius 2 is 1.90 bits per heavy atom. The van der Waals surface area contributed by atoms with Gasteiger partial charge < -0.3 is 14.4 Å². The maximum atomic E-state index is 6.19. The first-order chi connectivity index (χ1) is 15.1. The molecule has 3 aromatic rings. The Kier molecular flexibility index (Phi) is 6.92. The number of nitrogens with zero attached hydrogens (tertiary/aromatic N) is 5. The van der Waals surface area contributed by atoms with Crippen LogP contribution in [-0.4, -0.2) is 59.7 Å². The van der Waals surface area contributed by atoms with Crippen molar-refractivity contribution in [3.8, 4) is 11.4 Å². The van der Waals surface area contributed by atoms with Crippen molar-refractivity contribution in [3.05, 3.63) is 63.9 Å². The van der Waals surface area contributed by atoms with Gasteiger partial charge in [-0.3, -0.25) is 9.47 Å². The first kappa shape index (κ1) is 21.8. The van der Waals surface area contributed by atoms with Gasteiger partial charge in [0, 0.05) is 30.2 Å². The molecule has 0 bridgehead atoms. The number of hydrogen-bond donors (Lipinski definition) is 0. The first-order valence-electron chi connectivity index (χ1n) is 10.2. The van der Waals surface area contributed by atoms with Crippen molar-refractivity contribution in [2.75, 3.05) is 45.4 Å². The van der Waals surface area contributed by atoms with Gasteiger partial charge in [0.05, 0.1) is 32.7 Å². The fraction of sp³-hybridized carbons (Fsp3) is 0.364. The lowest BCUT2D eigenvalue weighted by molar-refractivity contribution is 0.121. The summed E-state index contributed by atoms with van der Waals surface area (Å²) in [6.45, 7) is 4.12. The number of anilines is 1. The zero-order chi connectivity index (χ0) is 21.8. The minimum atomic E-state index is 0.533. The highest BCUT2D eigenvalue weighted by molar-refractivity contribution is 7.71. The Morgan fingerprint density at radius 1 is 1.16 bits per heavy atom. The minimum Gasteiger partial charge on any atom is -0.496 e. The predicted octanol–water partition coefficient (Wildman–Crippen LogP) is 3.99. The monoisotopic (exact) mass is 459 g/mol. The van der Waals surface area contributed by atoms with Crippen LogP contribution in [-0.2, 0) is 18.0 Å². The highest BCUT2D eigenvalue weighted by atomic mass is 35.5. The molecular formula is C22H26ClN5O2S. The summed E-state index contributed by atoms with van der Waals surface area (Å²) in [6.07, 6.45) is 0. The van der Waals surface area contributed by atoms with E-state index in [1.165, 1.54) is 0 Å². The molecule has 0 amide bonds.